The lowest BCUT2D eigenvalue weighted by atomic mass is 9.98. The van der Waals surface area contributed by atoms with Crippen molar-refractivity contribution in [2.24, 2.45) is 0 Å². The molecule has 0 radical (unpaired) electrons. The molecule has 0 heterocycles. The molecule has 0 saturated carbocycles. The van der Waals surface area contributed by atoms with Crippen LogP contribution in [-0.2, 0) is 6.42 Å². The fourth-order valence-corrected chi connectivity index (χ4v) is 2.49. The maximum atomic E-state index is 13.8. The van der Waals surface area contributed by atoms with Gasteiger partial charge < -0.3 is 5.32 Å². The molecule has 0 fully saturated rings. The van der Waals surface area contributed by atoms with E-state index in [4.69, 9.17) is 0 Å². The van der Waals surface area contributed by atoms with Crippen LogP contribution in [0.4, 0.5) is 13.2 Å². The molecule has 0 amide bonds. The third kappa shape index (κ3) is 3.22. The summed E-state index contributed by atoms with van der Waals surface area (Å²) in [5, 5.41) is 2.93. The predicted octanol–water partition coefficient (Wildman–Crippen LogP) is 4.37. The van der Waals surface area contributed by atoms with Gasteiger partial charge in [-0.15, -0.1) is 0 Å². The van der Waals surface area contributed by atoms with Crippen LogP contribution in [0.3, 0.4) is 0 Å². The molecule has 5 heteroatoms. The van der Waals surface area contributed by atoms with Crippen molar-refractivity contribution in [3.63, 3.8) is 0 Å². The number of hydrogen-bond acceptors (Lipinski definition) is 1. The first-order valence-corrected chi connectivity index (χ1v) is 6.87. The maximum absolute atomic E-state index is 13.8. The Kier molecular flexibility index (Phi) is 4.83. The number of rotatable bonds is 4. The zero-order valence-electron chi connectivity index (χ0n) is 10.8. The van der Waals surface area contributed by atoms with Gasteiger partial charge in [0.05, 0.1) is 0 Å². The second kappa shape index (κ2) is 6.41. The fraction of sp³-hybridized carbons (Fsp3) is 0.200. The molecule has 20 heavy (non-hydrogen) atoms. The Bertz CT molecular complexity index is 616. The Morgan fingerprint density at radius 3 is 2.60 bits per heavy atom. The summed E-state index contributed by atoms with van der Waals surface area (Å²) in [7, 11) is 1.65. The van der Waals surface area contributed by atoms with E-state index >= 15 is 0 Å². The van der Waals surface area contributed by atoms with E-state index in [9.17, 15) is 13.2 Å². The van der Waals surface area contributed by atoms with E-state index in [1.807, 2.05) is 0 Å². The van der Waals surface area contributed by atoms with Gasteiger partial charge >= 0.3 is 0 Å². The molecule has 2 aromatic carbocycles. The van der Waals surface area contributed by atoms with Crippen LogP contribution in [0.15, 0.2) is 40.9 Å². The van der Waals surface area contributed by atoms with E-state index in [0.717, 1.165) is 10.5 Å². The molecule has 106 valence electrons. The van der Waals surface area contributed by atoms with Gasteiger partial charge in [-0.3, -0.25) is 0 Å². The largest absolute Gasteiger partial charge is 0.313 e. The minimum atomic E-state index is -0.888. The van der Waals surface area contributed by atoms with Crippen molar-refractivity contribution < 1.29 is 13.2 Å². The van der Waals surface area contributed by atoms with Gasteiger partial charge in [0, 0.05) is 16.1 Å². The summed E-state index contributed by atoms with van der Waals surface area (Å²) in [4.78, 5) is 0. The molecular formula is C15H13BrF3N. The van der Waals surface area contributed by atoms with E-state index in [1.165, 1.54) is 24.3 Å². The monoisotopic (exact) mass is 343 g/mol. The Labute approximate surface area is 123 Å². The molecule has 0 bridgehead atoms. The molecule has 1 unspecified atom stereocenters. The SMILES string of the molecule is CNC(Cc1cc(F)ccc1Br)c1cccc(F)c1F. The lowest BCUT2D eigenvalue weighted by Gasteiger charge is -2.18. The second-order valence-electron chi connectivity index (χ2n) is 4.42. The Hall–Kier alpha value is -1.33. The van der Waals surface area contributed by atoms with E-state index in [2.05, 4.69) is 21.2 Å². The van der Waals surface area contributed by atoms with E-state index in [-0.39, 0.29) is 11.4 Å². The molecule has 0 aliphatic rings. The minimum Gasteiger partial charge on any atom is -0.313 e. The zero-order valence-corrected chi connectivity index (χ0v) is 12.3. The van der Waals surface area contributed by atoms with E-state index in [1.54, 1.807) is 13.1 Å². The average Bonchev–Trinajstić information content (AvgIpc) is 2.43. The summed E-state index contributed by atoms with van der Waals surface area (Å²) in [5.41, 5.74) is 0.914. The second-order valence-corrected chi connectivity index (χ2v) is 5.28. The quantitative estimate of drug-likeness (QED) is 0.869. The standard InChI is InChI=1S/C15H13BrF3N/c1-20-14(11-3-2-4-13(18)15(11)19)8-9-7-10(17)5-6-12(9)16/h2-7,14,20H,8H2,1H3. The van der Waals surface area contributed by atoms with Gasteiger partial charge in [-0.25, -0.2) is 13.2 Å². The van der Waals surface area contributed by atoms with Crippen molar-refractivity contribution in [1.82, 2.24) is 5.32 Å². The van der Waals surface area contributed by atoms with Gasteiger partial charge in [-0.05, 0) is 43.3 Å². The fourth-order valence-electron chi connectivity index (χ4n) is 2.08. The van der Waals surface area contributed by atoms with Gasteiger partial charge in [0.1, 0.15) is 5.82 Å². The van der Waals surface area contributed by atoms with Gasteiger partial charge in [-0.1, -0.05) is 28.1 Å². The highest BCUT2D eigenvalue weighted by molar-refractivity contribution is 9.10. The van der Waals surface area contributed by atoms with Crippen LogP contribution < -0.4 is 5.32 Å². The highest BCUT2D eigenvalue weighted by atomic mass is 79.9. The summed E-state index contributed by atoms with van der Waals surface area (Å²) in [6, 6.07) is 7.92. The van der Waals surface area contributed by atoms with Crippen LogP contribution in [0.25, 0.3) is 0 Å². The highest BCUT2D eigenvalue weighted by Crippen LogP contribution is 2.26. The molecule has 0 saturated heterocycles. The first-order valence-electron chi connectivity index (χ1n) is 6.08. The summed E-state index contributed by atoms with van der Waals surface area (Å²) >= 11 is 3.33. The minimum absolute atomic E-state index is 0.226. The van der Waals surface area contributed by atoms with Gasteiger partial charge in [0.2, 0.25) is 0 Å². The third-order valence-electron chi connectivity index (χ3n) is 3.14. The number of halogens is 4. The molecule has 0 aromatic heterocycles. The van der Waals surface area contributed by atoms with Gasteiger partial charge in [0.25, 0.3) is 0 Å². The van der Waals surface area contributed by atoms with E-state index in [0.29, 0.717) is 12.0 Å². The first-order chi connectivity index (χ1) is 9.52. The van der Waals surface area contributed by atoms with Crippen LogP contribution in [0, 0.1) is 17.5 Å². The Morgan fingerprint density at radius 2 is 1.90 bits per heavy atom. The molecule has 1 atom stereocenters. The lowest BCUT2D eigenvalue weighted by molar-refractivity contribution is 0.472. The summed E-state index contributed by atoms with van der Waals surface area (Å²) < 4.78 is 41.1. The number of benzene rings is 2. The summed E-state index contributed by atoms with van der Waals surface area (Å²) in [5.74, 6) is -2.13. The lowest BCUT2D eigenvalue weighted by Crippen LogP contribution is -2.20. The molecule has 0 spiro atoms. The molecule has 0 aliphatic heterocycles. The molecule has 2 rings (SSSR count). The van der Waals surface area contributed by atoms with E-state index < -0.39 is 17.7 Å². The van der Waals surface area contributed by atoms with Crippen LogP contribution in [0.2, 0.25) is 0 Å². The third-order valence-corrected chi connectivity index (χ3v) is 3.91. The summed E-state index contributed by atoms with van der Waals surface area (Å²) in [6.07, 6.45) is 0.342. The smallest absolute Gasteiger partial charge is 0.163 e. The van der Waals surface area contributed by atoms with Crippen molar-refractivity contribution in [3.8, 4) is 0 Å². The van der Waals surface area contributed by atoms with Crippen molar-refractivity contribution in [2.45, 2.75) is 12.5 Å². The maximum Gasteiger partial charge on any atom is 0.163 e. The molecule has 1 N–H and O–H groups in total. The molecule has 0 aliphatic carbocycles. The normalized spacial score (nSPS) is 12.4. The molecule has 2 aromatic rings. The summed E-state index contributed by atoms with van der Waals surface area (Å²) in [6.45, 7) is 0. The number of hydrogen-bond donors (Lipinski definition) is 1. The first kappa shape index (κ1) is 15.1. The Morgan fingerprint density at radius 1 is 1.15 bits per heavy atom. The van der Waals surface area contributed by atoms with Crippen molar-refractivity contribution in [1.29, 1.82) is 0 Å². The van der Waals surface area contributed by atoms with Crippen LogP contribution >= 0.6 is 15.9 Å². The van der Waals surface area contributed by atoms with Crippen molar-refractivity contribution in [2.75, 3.05) is 7.05 Å². The van der Waals surface area contributed by atoms with Gasteiger partial charge in [0.15, 0.2) is 11.6 Å². The van der Waals surface area contributed by atoms with Crippen molar-refractivity contribution >= 4 is 15.9 Å². The van der Waals surface area contributed by atoms with Crippen molar-refractivity contribution in [3.05, 3.63) is 69.4 Å². The van der Waals surface area contributed by atoms with Gasteiger partial charge in [-0.2, -0.15) is 0 Å². The van der Waals surface area contributed by atoms with Crippen LogP contribution in [0.5, 0.6) is 0 Å². The highest BCUT2D eigenvalue weighted by Gasteiger charge is 2.18. The number of likely N-dealkylation sites (N-methyl/N-ethyl adjacent to an activating group) is 1. The Balaban J connectivity index is 2.34. The zero-order chi connectivity index (χ0) is 14.7. The predicted molar refractivity (Wildman–Crippen MR) is 76.0 cm³/mol. The topological polar surface area (TPSA) is 12.0 Å². The molecular weight excluding hydrogens is 331 g/mol. The average molecular weight is 344 g/mol. The van der Waals surface area contributed by atoms with Crippen LogP contribution in [0.1, 0.15) is 17.2 Å². The van der Waals surface area contributed by atoms with Crippen LogP contribution in [-0.4, -0.2) is 7.05 Å². The number of nitrogens with one attached hydrogen (secondary N) is 1. The molecule has 1 nitrogen and oxygen atoms in total.